The molecule has 3 aromatic rings. The zero-order valence-corrected chi connectivity index (χ0v) is 19.2. The summed E-state index contributed by atoms with van der Waals surface area (Å²) in [6, 6.07) is 12.3. The molecule has 9 nitrogen and oxygen atoms in total. The van der Waals surface area contributed by atoms with Crippen molar-refractivity contribution in [2.45, 2.75) is 49.4 Å². The maximum Gasteiger partial charge on any atom is 0.283 e. The Morgan fingerprint density at radius 3 is 2.67 bits per heavy atom. The molecule has 0 radical (unpaired) electrons. The highest BCUT2D eigenvalue weighted by atomic mass is 32.2. The monoisotopic (exact) mass is 462 g/mol. The number of nitro benzene ring substituents is 1. The predicted octanol–water partition coefficient (Wildman–Crippen LogP) is 4.70. The topological polar surface area (TPSA) is 116 Å². The van der Waals surface area contributed by atoms with E-state index in [1.54, 1.807) is 6.07 Å². The molecule has 168 valence electrons. The smallest absolute Gasteiger partial charge is 0.283 e. The Bertz CT molecular complexity index is 1310. The Labute approximate surface area is 194 Å². The average molecular weight is 463 g/mol. The molecule has 0 spiro atoms. The number of aromatic nitrogens is 4. The second kappa shape index (κ2) is 7.80. The van der Waals surface area contributed by atoms with Gasteiger partial charge >= 0.3 is 0 Å². The maximum absolute atomic E-state index is 13.2. The van der Waals surface area contributed by atoms with E-state index in [9.17, 15) is 14.9 Å². The summed E-state index contributed by atoms with van der Waals surface area (Å²) in [6.45, 7) is 6.09. The molecule has 1 aromatic heterocycles. The van der Waals surface area contributed by atoms with Crippen LogP contribution in [0.1, 0.15) is 43.9 Å². The van der Waals surface area contributed by atoms with Gasteiger partial charge in [-0.3, -0.25) is 14.9 Å². The first-order valence-electron chi connectivity index (χ1n) is 10.6. The number of benzene rings is 2. The highest BCUT2D eigenvalue weighted by Gasteiger charge is 2.42. The Kier molecular flexibility index (Phi) is 5.04. The second-order valence-corrected chi connectivity index (χ2v) is 10.3. The fourth-order valence-corrected chi connectivity index (χ4v) is 5.35. The number of carbonyl (C=O) groups excluding carboxylic acids is 1. The van der Waals surface area contributed by atoms with Crippen molar-refractivity contribution in [1.29, 1.82) is 0 Å². The predicted molar refractivity (Wildman–Crippen MR) is 123 cm³/mol. The van der Waals surface area contributed by atoms with E-state index >= 15 is 0 Å². The van der Waals surface area contributed by atoms with Gasteiger partial charge in [0.15, 0.2) is 5.78 Å². The summed E-state index contributed by atoms with van der Waals surface area (Å²) in [6.07, 6.45) is 1.06. The lowest BCUT2D eigenvalue weighted by molar-refractivity contribution is -0.387. The van der Waals surface area contributed by atoms with Gasteiger partial charge in [-0.05, 0) is 52.9 Å². The molecule has 1 N–H and O–H groups in total. The van der Waals surface area contributed by atoms with E-state index in [0.717, 1.165) is 16.2 Å². The lowest BCUT2D eigenvalue weighted by atomic mass is 9.73. The number of ketones is 1. The molecular formula is C23H22N6O3S. The van der Waals surface area contributed by atoms with Gasteiger partial charge in [0, 0.05) is 28.7 Å². The highest BCUT2D eigenvalue weighted by Crippen LogP contribution is 2.46. The molecule has 0 unspecified atom stereocenters. The van der Waals surface area contributed by atoms with Crippen LogP contribution in [0.4, 0.5) is 11.6 Å². The van der Waals surface area contributed by atoms with Gasteiger partial charge in [0.2, 0.25) is 5.95 Å². The van der Waals surface area contributed by atoms with E-state index in [2.05, 4.69) is 20.8 Å². The van der Waals surface area contributed by atoms with Crippen molar-refractivity contribution in [2.75, 3.05) is 5.32 Å². The summed E-state index contributed by atoms with van der Waals surface area (Å²) >= 11 is 1.34. The summed E-state index contributed by atoms with van der Waals surface area (Å²) in [5.74, 6) is 0.422. The van der Waals surface area contributed by atoms with E-state index in [1.165, 1.54) is 22.5 Å². The molecule has 5 rings (SSSR count). The number of nitro groups is 1. The third-order valence-electron chi connectivity index (χ3n) is 5.94. The standard InChI is InChI=1S/C23H22N6O3S/c1-13-4-7-15(8-5-13)33-19-9-6-14(10-17(19)29(31)32)21-20-16(11-23(2,3)12-18(20)30)24-22-25-26-27-28(21)22/h4-10,21H,11-12H2,1-3H3,(H,24,25,27)/t21-/m0/s1. The van der Waals surface area contributed by atoms with Gasteiger partial charge in [0.25, 0.3) is 5.69 Å². The van der Waals surface area contributed by atoms with Gasteiger partial charge in [-0.2, -0.15) is 4.68 Å². The first kappa shape index (κ1) is 21.3. The number of tetrazole rings is 1. The van der Waals surface area contributed by atoms with Gasteiger partial charge in [0.05, 0.1) is 9.82 Å². The molecule has 0 fully saturated rings. The third kappa shape index (κ3) is 3.91. The minimum atomic E-state index is -0.619. The zero-order chi connectivity index (χ0) is 23.3. The quantitative estimate of drug-likeness (QED) is 0.438. The molecular weight excluding hydrogens is 440 g/mol. The van der Waals surface area contributed by atoms with Crippen LogP contribution in [0.15, 0.2) is 63.5 Å². The zero-order valence-electron chi connectivity index (χ0n) is 18.4. The van der Waals surface area contributed by atoms with Crippen molar-refractivity contribution in [3.05, 3.63) is 75.0 Å². The maximum atomic E-state index is 13.2. The van der Waals surface area contributed by atoms with Crippen molar-refractivity contribution >= 4 is 29.2 Å². The van der Waals surface area contributed by atoms with E-state index < -0.39 is 6.04 Å². The average Bonchev–Trinajstić information content (AvgIpc) is 3.21. The molecule has 0 bridgehead atoms. The van der Waals surface area contributed by atoms with E-state index in [-0.39, 0.29) is 21.8 Å². The van der Waals surface area contributed by atoms with Crippen LogP contribution in [0, 0.1) is 22.5 Å². The molecule has 0 saturated heterocycles. The molecule has 2 heterocycles. The second-order valence-electron chi connectivity index (χ2n) is 9.21. The summed E-state index contributed by atoms with van der Waals surface area (Å²) in [4.78, 5) is 26.2. The molecule has 0 saturated carbocycles. The highest BCUT2D eigenvalue weighted by molar-refractivity contribution is 7.99. The number of Topliss-reactive ketones (excluding diaryl/α,β-unsaturated/α-hetero) is 1. The van der Waals surface area contributed by atoms with E-state index in [1.807, 2.05) is 51.1 Å². The number of hydrogen-bond donors (Lipinski definition) is 1. The van der Waals surface area contributed by atoms with Crippen LogP contribution in [0.25, 0.3) is 0 Å². The van der Waals surface area contributed by atoms with Gasteiger partial charge in [-0.15, -0.1) is 0 Å². The first-order chi connectivity index (χ1) is 15.7. The Morgan fingerprint density at radius 2 is 1.94 bits per heavy atom. The summed E-state index contributed by atoms with van der Waals surface area (Å²) in [5.41, 5.74) is 2.87. The van der Waals surface area contributed by atoms with Crippen molar-refractivity contribution in [2.24, 2.45) is 5.41 Å². The number of aryl methyl sites for hydroxylation is 1. The van der Waals surface area contributed by atoms with Crippen LogP contribution in [0.3, 0.4) is 0 Å². The fourth-order valence-electron chi connectivity index (χ4n) is 4.45. The minimum absolute atomic E-state index is 0.000611. The minimum Gasteiger partial charge on any atom is -0.326 e. The van der Waals surface area contributed by atoms with Gasteiger partial charge in [-0.1, -0.05) is 54.5 Å². The van der Waals surface area contributed by atoms with Crippen LogP contribution in [0.5, 0.6) is 0 Å². The van der Waals surface area contributed by atoms with Crippen molar-refractivity contribution < 1.29 is 9.72 Å². The molecule has 2 aliphatic rings. The van der Waals surface area contributed by atoms with Crippen LogP contribution in [0.2, 0.25) is 0 Å². The van der Waals surface area contributed by atoms with E-state index in [0.29, 0.717) is 34.8 Å². The number of hydrogen-bond acceptors (Lipinski definition) is 8. The largest absolute Gasteiger partial charge is 0.326 e. The van der Waals surface area contributed by atoms with Crippen molar-refractivity contribution in [3.63, 3.8) is 0 Å². The van der Waals surface area contributed by atoms with Crippen LogP contribution in [-0.4, -0.2) is 30.9 Å². The fraction of sp³-hybridized carbons (Fsp3) is 0.304. The number of fused-ring (bicyclic) bond motifs is 1. The molecule has 1 aliphatic heterocycles. The Hall–Kier alpha value is -3.53. The number of carbonyl (C=O) groups is 1. The van der Waals surface area contributed by atoms with Crippen molar-refractivity contribution in [3.8, 4) is 0 Å². The number of allylic oxidation sites excluding steroid dienone is 2. The number of anilines is 1. The summed E-state index contributed by atoms with van der Waals surface area (Å²) in [5, 5.41) is 27.1. The third-order valence-corrected chi connectivity index (χ3v) is 7.01. The first-order valence-corrected chi connectivity index (χ1v) is 11.4. The SMILES string of the molecule is Cc1ccc(Sc2ccc([C@H]3C4=C(CC(C)(C)CC4=O)Nc4nnnn43)cc2[N+](=O)[O-])cc1. The van der Waals surface area contributed by atoms with Crippen LogP contribution >= 0.6 is 11.8 Å². The lowest BCUT2D eigenvalue weighted by Crippen LogP contribution is -2.36. The molecule has 2 aromatic carbocycles. The molecule has 10 heteroatoms. The van der Waals surface area contributed by atoms with Crippen molar-refractivity contribution in [1.82, 2.24) is 20.2 Å². The van der Waals surface area contributed by atoms with Gasteiger partial charge in [-0.25, -0.2) is 0 Å². The van der Waals surface area contributed by atoms with Crippen LogP contribution < -0.4 is 5.32 Å². The summed E-state index contributed by atoms with van der Waals surface area (Å²) in [7, 11) is 0. The van der Waals surface area contributed by atoms with Crippen LogP contribution in [-0.2, 0) is 4.79 Å². The van der Waals surface area contributed by atoms with Gasteiger partial charge in [0.1, 0.15) is 6.04 Å². The lowest BCUT2D eigenvalue weighted by Gasteiger charge is -2.37. The number of rotatable bonds is 4. The molecule has 1 atom stereocenters. The molecule has 33 heavy (non-hydrogen) atoms. The number of nitrogens with zero attached hydrogens (tertiary/aromatic N) is 5. The Morgan fingerprint density at radius 1 is 1.18 bits per heavy atom. The number of nitrogens with one attached hydrogen (secondary N) is 1. The van der Waals surface area contributed by atoms with Gasteiger partial charge < -0.3 is 5.32 Å². The normalized spacial score (nSPS) is 19.0. The Balaban J connectivity index is 1.60. The summed E-state index contributed by atoms with van der Waals surface area (Å²) < 4.78 is 1.53. The molecule has 1 aliphatic carbocycles. The van der Waals surface area contributed by atoms with E-state index in [4.69, 9.17) is 0 Å². The molecule has 0 amide bonds.